The molecule has 92 valence electrons. The van der Waals surface area contributed by atoms with Crippen LogP contribution in [-0.4, -0.2) is 43.0 Å². The maximum absolute atomic E-state index is 11.5. The van der Waals surface area contributed by atoms with Crippen LogP contribution in [0.1, 0.15) is 32.6 Å². The van der Waals surface area contributed by atoms with Crippen molar-refractivity contribution < 1.29 is 9.59 Å². The third-order valence-electron chi connectivity index (χ3n) is 2.85. The zero-order valence-electron chi connectivity index (χ0n) is 10.2. The van der Waals surface area contributed by atoms with E-state index in [0.29, 0.717) is 0 Å². The highest BCUT2D eigenvalue weighted by Crippen LogP contribution is 2.17. The molecule has 5 heteroatoms. The van der Waals surface area contributed by atoms with Crippen LogP contribution in [0.25, 0.3) is 0 Å². The lowest BCUT2D eigenvalue weighted by Crippen LogP contribution is -2.49. The lowest BCUT2D eigenvalue weighted by molar-refractivity contribution is -0.130. The van der Waals surface area contributed by atoms with E-state index < -0.39 is 6.04 Å². The Morgan fingerprint density at radius 2 is 1.81 bits per heavy atom. The summed E-state index contributed by atoms with van der Waals surface area (Å²) >= 11 is 0. The summed E-state index contributed by atoms with van der Waals surface area (Å²) in [5, 5.41) is 5.53. The van der Waals surface area contributed by atoms with Crippen LogP contribution in [0.15, 0.2) is 0 Å². The van der Waals surface area contributed by atoms with E-state index in [9.17, 15) is 9.59 Å². The average molecular weight is 227 g/mol. The van der Waals surface area contributed by atoms with Crippen molar-refractivity contribution in [2.75, 3.05) is 14.1 Å². The van der Waals surface area contributed by atoms with Crippen LogP contribution >= 0.6 is 0 Å². The molecule has 1 atom stereocenters. The van der Waals surface area contributed by atoms with Crippen molar-refractivity contribution in [2.45, 2.75) is 44.7 Å². The van der Waals surface area contributed by atoms with Crippen molar-refractivity contribution >= 4 is 11.9 Å². The highest BCUT2D eigenvalue weighted by Gasteiger charge is 2.20. The van der Waals surface area contributed by atoms with E-state index in [-0.39, 0.29) is 18.0 Å². The maximum Gasteiger partial charge on any atom is 0.315 e. The second-order valence-electron chi connectivity index (χ2n) is 4.55. The molecule has 0 aliphatic heterocycles. The minimum Gasteiger partial charge on any atom is -0.347 e. The third kappa shape index (κ3) is 3.72. The number of carbonyl (C=O) groups is 2. The van der Waals surface area contributed by atoms with Crippen molar-refractivity contribution in [3.05, 3.63) is 0 Å². The van der Waals surface area contributed by atoms with E-state index in [0.717, 1.165) is 12.8 Å². The molecule has 0 heterocycles. The van der Waals surface area contributed by atoms with E-state index in [4.69, 9.17) is 0 Å². The summed E-state index contributed by atoms with van der Waals surface area (Å²) in [6, 6.07) is -0.437. The Morgan fingerprint density at radius 1 is 1.25 bits per heavy atom. The number of nitrogens with one attached hydrogen (secondary N) is 2. The number of hydrogen-bond donors (Lipinski definition) is 2. The van der Waals surface area contributed by atoms with Gasteiger partial charge in [-0.05, 0) is 19.8 Å². The zero-order chi connectivity index (χ0) is 12.1. The molecule has 0 aromatic carbocycles. The Morgan fingerprint density at radius 3 is 2.31 bits per heavy atom. The second kappa shape index (κ2) is 5.72. The number of rotatable bonds is 3. The van der Waals surface area contributed by atoms with Gasteiger partial charge in [-0.25, -0.2) is 4.79 Å². The van der Waals surface area contributed by atoms with Gasteiger partial charge in [-0.1, -0.05) is 12.8 Å². The molecular formula is C11H21N3O2. The van der Waals surface area contributed by atoms with Crippen LogP contribution in [-0.2, 0) is 4.79 Å². The molecule has 1 unspecified atom stereocenters. The van der Waals surface area contributed by atoms with Crippen LogP contribution in [0.5, 0.6) is 0 Å². The first-order chi connectivity index (χ1) is 7.50. The smallest absolute Gasteiger partial charge is 0.315 e. The minimum atomic E-state index is -0.476. The normalized spacial score (nSPS) is 17.9. The van der Waals surface area contributed by atoms with Crippen LogP contribution in [0.4, 0.5) is 4.79 Å². The Balaban J connectivity index is 2.30. The molecule has 0 radical (unpaired) electrons. The molecule has 0 aromatic rings. The first-order valence-corrected chi connectivity index (χ1v) is 5.79. The standard InChI is InChI=1S/C11H21N3O2/c1-8(10(15)14(2)3)12-11(16)13-9-6-4-5-7-9/h8-9H,4-7H2,1-3H3,(H2,12,13,16). The fraction of sp³-hybridized carbons (Fsp3) is 0.818. The SMILES string of the molecule is CC(NC(=O)NC1CCCC1)C(=O)N(C)C. The quantitative estimate of drug-likeness (QED) is 0.745. The first-order valence-electron chi connectivity index (χ1n) is 5.79. The van der Waals surface area contributed by atoms with Crippen molar-refractivity contribution in [2.24, 2.45) is 0 Å². The molecule has 0 aromatic heterocycles. The molecule has 16 heavy (non-hydrogen) atoms. The zero-order valence-corrected chi connectivity index (χ0v) is 10.2. The van der Waals surface area contributed by atoms with Gasteiger partial charge in [0.05, 0.1) is 0 Å². The minimum absolute atomic E-state index is 0.0958. The molecule has 3 amide bonds. The first kappa shape index (κ1) is 12.8. The summed E-state index contributed by atoms with van der Waals surface area (Å²) in [5.74, 6) is -0.0958. The van der Waals surface area contributed by atoms with Crippen LogP contribution in [0.2, 0.25) is 0 Å². The summed E-state index contributed by atoms with van der Waals surface area (Å²) < 4.78 is 0. The monoisotopic (exact) mass is 227 g/mol. The number of carbonyl (C=O) groups excluding carboxylic acids is 2. The molecule has 1 aliphatic rings. The predicted molar refractivity (Wildman–Crippen MR) is 62.1 cm³/mol. The highest BCUT2D eigenvalue weighted by molar-refractivity contribution is 5.86. The number of hydrogen-bond acceptors (Lipinski definition) is 2. The van der Waals surface area contributed by atoms with E-state index >= 15 is 0 Å². The van der Waals surface area contributed by atoms with Gasteiger partial charge in [-0.2, -0.15) is 0 Å². The van der Waals surface area contributed by atoms with Gasteiger partial charge in [0.25, 0.3) is 0 Å². The van der Waals surface area contributed by atoms with Crippen molar-refractivity contribution in [3.63, 3.8) is 0 Å². The van der Waals surface area contributed by atoms with Gasteiger partial charge in [-0.15, -0.1) is 0 Å². The topological polar surface area (TPSA) is 61.4 Å². The summed E-state index contributed by atoms with van der Waals surface area (Å²) in [5.41, 5.74) is 0. The average Bonchev–Trinajstić information content (AvgIpc) is 2.68. The Bertz CT molecular complexity index is 260. The molecule has 0 bridgehead atoms. The van der Waals surface area contributed by atoms with Crippen molar-refractivity contribution in [3.8, 4) is 0 Å². The fourth-order valence-corrected chi connectivity index (χ4v) is 1.94. The molecule has 1 fully saturated rings. The van der Waals surface area contributed by atoms with E-state index in [2.05, 4.69) is 10.6 Å². The Labute approximate surface area is 96.6 Å². The lowest BCUT2D eigenvalue weighted by atomic mass is 10.2. The molecule has 5 nitrogen and oxygen atoms in total. The van der Waals surface area contributed by atoms with E-state index in [1.807, 2.05) is 0 Å². The van der Waals surface area contributed by atoms with Crippen molar-refractivity contribution in [1.29, 1.82) is 0 Å². The van der Waals surface area contributed by atoms with Crippen LogP contribution in [0, 0.1) is 0 Å². The summed E-state index contributed by atoms with van der Waals surface area (Å²) in [6.07, 6.45) is 4.45. The fourth-order valence-electron chi connectivity index (χ4n) is 1.94. The van der Waals surface area contributed by atoms with Gasteiger partial charge < -0.3 is 15.5 Å². The van der Waals surface area contributed by atoms with Gasteiger partial charge in [0.2, 0.25) is 5.91 Å². The Kier molecular flexibility index (Phi) is 4.58. The predicted octanol–water partition coefficient (Wildman–Crippen LogP) is 0.705. The number of urea groups is 1. The molecule has 0 spiro atoms. The molecule has 1 aliphatic carbocycles. The molecule has 1 rings (SSSR count). The van der Waals surface area contributed by atoms with E-state index in [1.165, 1.54) is 17.7 Å². The van der Waals surface area contributed by atoms with Gasteiger partial charge in [0.1, 0.15) is 6.04 Å². The summed E-state index contributed by atoms with van der Waals surface area (Å²) in [4.78, 5) is 24.5. The molecule has 2 N–H and O–H groups in total. The van der Waals surface area contributed by atoms with Gasteiger partial charge >= 0.3 is 6.03 Å². The summed E-state index contributed by atoms with van der Waals surface area (Å²) in [7, 11) is 3.35. The summed E-state index contributed by atoms with van der Waals surface area (Å²) in [6.45, 7) is 1.69. The van der Waals surface area contributed by atoms with E-state index in [1.54, 1.807) is 21.0 Å². The lowest BCUT2D eigenvalue weighted by Gasteiger charge is -2.19. The second-order valence-corrected chi connectivity index (χ2v) is 4.55. The van der Waals surface area contributed by atoms with Crippen molar-refractivity contribution in [1.82, 2.24) is 15.5 Å². The molecule has 0 saturated heterocycles. The highest BCUT2D eigenvalue weighted by atomic mass is 16.2. The largest absolute Gasteiger partial charge is 0.347 e. The van der Waals surface area contributed by atoms with Gasteiger partial charge in [0.15, 0.2) is 0 Å². The number of likely N-dealkylation sites (N-methyl/N-ethyl adjacent to an activating group) is 1. The van der Waals surface area contributed by atoms with Gasteiger partial charge in [0, 0.05) is 20.1 Å². The third-order valence-corrected chi connectivity index (χ3v) is 2.85. The maximum atomic E-state index is 11.5. The van der Waals surface area contributed by atoms with Crippen LogP contribution in [0.3, 0.4) is 0 Å². The van der Waals surface area contributed by atoms with Gasteiger partial charge in [-0.3, -0.25) is 4.79 Å². The molecule has 1 saturated carbocycles. The molecular weight excluding hydrogens is 206 g/mol. The Hall–Kier alpha value is -1.26. The number of amides is 3. The van der Waals surface area contributed by atoms with Crippen LogP contribution < -0.4 is 10.6 Å². The number of nitrogens with zero attached hydrogens (tertiary/aromatic N) is 1.